The summed E-state index contributed by atoms with van der Waals surface area (Å²) in [4.78, 5) is 15.1. The van der Waals surface area contributed by atoms with Crippen molar-refractivity contribution in [3.63, 3.8) is 0 Å². The first-order chi connectivity index (χ1) is 9.67. The van der Waals surface area contributed by atoms with Crippen LogP contribution >= 0.6 is 11.3 Å². The quantitative estimate of drug-likeness (QED) is 0.377. The summed E-state index contributed by atoms with van der Waals surface area (Å²) in [5.74, 6) is 0. The van der Waals surface area contributed by atoms with Gasteiger partial charge in [0.2, 0.25) is 0 Å². The summed E-state index contributed by atoms with van der Waals surface area (Å²) in [5.41, 5.74) is 1.85. The number of methoxy groups -OCH3 is 1. The molecule has 0 saturated heterocycles. The highest BCUT2D eigenvalue weighted by Crippen LogP contribution is 2.16. The first kappa shape index (κ1) is 17.0. The van der Waals surface area contributed by atoms with Crippen LogP contribution in [0.5, 0.6) is 0 Å². The van der Waals surface area contributed by atoms with E-state index in [9.17, 15) is 4.79 Å². The predicted molar refractivity (Wildman–Crippen MR) is 78.8 cm³/mol. The lowest BCUT2D eigenvalue weighted by Crippen LogP contribution is -2.18. The zero-order valence-electron chi connectivity index (χ0n) is 12.1. The maximum absolute atomic E-state index is 10.7. The monoisotopic (exact) mass is 299 g/mol. The Bertz CT molecular complexity index is 431. The molecule has 112 valence electrons. The first-order valence-corrected chi connectivity index (χ1v) is 7.27. The number of hydrogen-bond donors (Lipinski definition) is 0. The number of carbonyl (C=O) groups excluding carboxylic acids is 1. The average molecular weight is 299 g/mol. The normalized spacial score (nSPS) is 13.4. The van der Waals surface area contributed by atoms with Gasteiger partial charge in [-0.1, -0.05) is 0 Å². The second-order valence-electron chi connectivity index (χ2n) is 4.26. The van der Waals surface area contributed by atoms with Gasteiger partial charge in [0.25, 0.3) is 0 Å². The SMILES string of the molecule is COCCOCO[C@@H](CC=O)/C(C)=C/c1csc(C)n1. The fourth-order valence-electron chi connectivity index (χ4n) is 1.58. The van der Waals surface area contributed by atoms with Gasteiger partial charge in [-0.05, 0) is 25.5 Å². The number of aromatic nitrogens is 1. The van der Waals surface area contributed by atoms with E-state index >= 15 is 0 Å². The molecule has 1 aromatic heterocycles. The average Bonchev–Trinajstić information content (AvgIpc) is 2.82. The summed E-state index contributed by atoms with van der Waals surface area (Å²) >= 11 is 1.59. The van der Waals surface area contributed by atoms with E-state index in [0.29, 0.717) is 19.6 Å². The first-order valence-electron chi connectivity index (χ1n) is 6.39. The lowest BCUT2D eigenvalue weighted by molar-refractivity contribution is -0.115. The van der Waals surface area contributed by atoms with Crippen LogP contribution in [0.15, 0.2) is 11.0 Å². The Hall–Kier alpha value is -1.08. The van der Waals surface area contributed by atoms with Crippen LogP contribution in [0.25, 0.3) is 6.08 Å². The second kappa shape index (κ2) is 9.77. The number of hydrogen-bond acceptors (Lipinski definition) is 6. The van der Waals surface area contributed by atoms with Crippen LogP contribution in [0.3, 0.4) is 0 Å². The minimum atomic E-state index is -0.281. The van der Waals surface area contributed by atoms with E-state index in [1.54, 1.807) is 18.4 Å². The van der Waals surface area contributed by atoms with E-state index in [0.717, 1.165) is 22.6 Å². The van der Waals surface area contributed by atoms with Crippen LogP contribution in [-0.2, 0) is 19.0 Å². The van der Waals surface area contributed by atoms with Crippen LogP contribution in [0, 0.1) is 6.92 Å². The summed E-state index contributed by atoms with van der Waals surface area (Å²) in [6.45, 7) is 5.02. The fourth-order valence-corrected chi connectivity index (χ4v) is 2.15. The van der Waals surface area contributed by atoms with Crippen molar-refractivity contribution in [1.29, 1.82) is 0 Å². The molecule has 0 saturated carbocycles. The van der Waals surface area contributed by atoms with Gasteiger partial charge < -0.3 is 19.0 Å². The van der Waals surface area contributed by atoms with Crippen LogP contribution < -0.4 is 0 Å². The molecule has 0 N–H and O–H groups in total. The van der Waals surface area contributed by atoms with Gasteiger partial charge >= 0.3 is 0 Å². The molecule has 0 fully saturated rings. The maximum atomic E-state index is 10.7. The van der Waals surface area contributed by atoms with Crippen LogP contribution in [0.4, 0.5) is 0 Å². The third-order valence-electron chi connectivity index (χ3n) is 2.61. The van der Waals surface area contributed by atoms with Crippen molar-refractivity contribution in [1.82, 2.24) is 4.98 Å². The molecule has 0 unspecified atom stereocenters. The van der Waals surface area contributed by atoms with Gasteiger partial charge in [0.05, 0.1) is 30.0 Å². The van der Waals surface area contributed by atoms with Gasteiger partial charge in [-0.3, -0.25) is 0 Å². The van der Waals surface area contributed by atoms with Crippen molar-refractivity contribution >= 4 is 23.7 Å². The van der Waals surface area contributed by atoms with Crippen LogP contribution in [0.2, 0.25) is 0 Å². The van der Waals surface area contributed by atoms with E-state index < -0.39 is 0 Å². The van der Waals surface area contributed by atoms with Gasteiger partial charge in [-0.15, -0.1) is 11.3 Å². The second-order valence-corrected chi connectivity index (χ2v) is 5.32. The molecule has 1 heterocycles. The smallest absolute Gasteiger partial charge is 0.147 e. The van der Waals surface area contributed by atoms with Gasteiger partial charge in [0.1, 0.15) is 13.1 Å². The molecule has 0 bridgehead atoms. The van der Waals surface area contributed by atoms with E-state index in [4.69, 9.17) is 14.2 Å². The molecule has 5 nitrogen and oxygen atoms in total. The molecular weight excluding hydrogens is 278 g/mol. The van der Waals surface area contributed by atoms with Crippen LogP contribution in [-0.4, -0.2) is 44.5 Å². The lowest BCUT2D eigenvalue weighted by atomic mass is 10.1. The number of rotatable bonds is 10. The number of nitrogens with zero attached hydrogens (tertiary/aromatic N) is 1. The van der Waals surface area contributed by atoms with E-state index in [2.05, 4.69) is 4.98 Å². The summed E-state index contributed by atoms with van der Waals surface area (Å²) in [5, 5.41) is 2.99. The highest BCUT2D eigenvalue weighted by molar-refractivity contribution is 7.09. The zero-order chi connectivity index (χ0) is 14.8. The van der Waals surface area contributed by atoms with Crippen molar-refractivity contribution in [2.75, 3.05) is 27.1 Å². The van der Waals surface area contributed by atoms with Gasteiger partial charge in [-0.2, -0.15) is 0 Å². The number of carbonyl (C=O) groups is 1. The van der Waals surface area contributed by atoms with E-state index in [1.807, 2.05) is 25.3 Å². The molecule has 0 aliphatic rings. The van der Waals surface area contributed by atoms with Gasteiger partial charge in [0.15, 0.2) is 0 Å². The number of aldehydes is 1. The van der Waals surface area contributed by atoms with Crippen molar-refractivity contribution in [2.24, 2.45) is 0 Å². The molecule has 0 spiro atoms. The van der Waals surface area contributed by atoms with Gasteiger partial charge in [0, 0.05) is 18.9 Å². The summed E-state index contributed by atoms with van der Waals surface area (Å²) < 4.78 is 15.7. The lowest BCUT2D eigenvalue weighted by Gasteiger charge is -2.16. The predicted octanol–water partition coefficient (Wildman–Crippen LogP) is 2.45. The number of thiazole rings is 1. The van der Waals surface area contributed by atoms with Crippen LogP contribution in [0.1, 0.15) is 24.0 Å². The molecule has 1 rings (SSSR count). The summed E-state index contributed by atoms with van der Waals surface area (Å²) in [6.07, 6.45) is 2.81. The molecule has 6 heteroatoms. The Morgan fingerprint density at radius 2 is 2.30 bits per heavy atom. The topological polar surface area (TPSA) is 57.7 Å². The highest BCUT2D eigenvalue weighted by Gasteiger charge is 2.11. The number of aryl methyl sites for hydroxylation is 1. The van der Waals surface area contributed by atoms with E-state index in [-0.39, 0.29) is 12.9 Å². The zero-order valence-corrected chi connectivity index (χ0v) is 12.9. The molecule has 0 aliphatic carbocycles. The molecule has 0 radical (unpaired) electrons. The molecule has 0 amide bonds. The Labute approximate surface area is 123 Å². The molecular formula is C14H21NO4S. The third-order valence-corrected chi connectivity index (χ3v) is 3.41. The fraction of sp³-hybridized carbons (Fsp3) is 0.571. The van der Waals surface area contributed by atoms with Crippen molar-refractivity contribution in [2.45, 2.75) is 26.4 Å². The standard InChI is InChI=1S/C14H21NO4S/c1-11(8-13-9-20-12(2)15-13)14(4-5-16)19-10-18-7-6-17-3/h5,8-9,14H,4,6-7,10H2,1-3H3/b11-8+/t14-/m0/s1. The van der Waals surface area contributed by atoms with E-state index in [1.165, 1.54) is 0 Å². The largest absolute Gasteiger partial charge is 0.382 e. The summed E-state index contributed by atoms with van der Waals surface area (Å²) in [7, 11) is 1.61. The Morgan fingerprint density at radius 3 is 2.90 bits per heavy atom. The Morgan fingerprint density at radius 1 is 1.50 bits per heavy atom. The summed E-state index contributed by atoms with van der Waals surface area (Å²) in [6, 6.07) is 0. The van der Waals surface area contributed by atoms with Crippen molar-refractivity contribution < 1.29 is 19.0 Å². The van der Waals surface area contributed by atoms with Crippen molar-refractivity contribution in [3.05, 3.63) is 21.7 Å². The molecule has 0 aromatic carbocycles. The molecule has 1 atom stereocenters. The maximum Gasteiger partial charge on any atom is 0.147 e. The third kappa shape index (κ3) is 6.38. The number of ether oxygens (including phenoxy) is 3. The molecule has 20 heavy (non-hydrogen) atoms. The Balaban J connectivity index is 2.51. The highest BCUT2D eigenvalue weighted by atomic mass is 32.1. The minimum absolute atomic E-state index is 0.142. The molecule has 0 aliphatic heterocycles. The molecule has 1 aromatic rings. The Kier molecular flexibility index (Phi) is 8.29. The van der Waals surface area contributed by atoms with Crippen molar-refractivity contribution in [3.8, 4) is 0 Å². The van der Waals surface area contributed by atoms with Gasteiger partial charge in [-0.25, -0.2) is 4.98 Å². The minimum Gasteiger partial charge on any atom is -0.382 e.